The quantitative estimate of drug-likeness (QED) is 0.267. The molecule has 1 atom stereocenters. The number of amides is 1. The number of hydrogen-bond donors (Lipinski definition) is 1. The number of benzene rings is 3. The van der Waals surface area contributed by atoms with Crippen LogP contribution in [0.2, 0.25) is 10.0 Å². The minimum Gasteiger partial charge on any atom is -0.507 e. The first-order valence-electron chi connectivity index (χ1n) is 10.0. The fourth-order valence-electron chi connectivity index (χ4n) is 3.90. The normalized spacial score (nSPS) is 17.3. The Hall–Kier alpha value is -3.42. The Bertz CT molecular complexity index is 1300. The van der Waals surface area contributed by atoms with Crippen LogP contribution in [0.15, 0.2) is 66.2 Å². The van der Waals surface area contributed by atoms with E-state index in [9.17, 15) is 23.5 Å². The molecule has 0 bridgehead atoms. The van der Waals surface area contributed by atoms with Crippen molar-refractivity contribution in [2.24, 2.45) is 0 Å². The average molecular weight is 504 g/mol. The second-order valence-electron chi connectivity index (χ2n) is 7.55. The Morgan fingerprint density at radius 1 is 1.03 bits per heavy atom. The third-order valence-electron chi connectivity index (χ3n) is 5.48. The van der Waals surface area contributed by atoms with Gasteiger partial charge in [-0.2, -0.15) is 0 Å². The van der Waals surface area contributed by atoms with Crippen LogP contribution in [0, 0.1) is 11.6 Å². The highest BCUT2D eigenvalue weighted by atomic mass is 35.5. The summed E-state index contributed by atoms with van der Waals surface area (Å²) < 4.78 is 33.3. The highest BCUT2D eigenvalue weighted by Crippen LogP contribution is 2.43. The van der Waals surface area contributed by atoms with Crippen molar-refractivity contribution in [2.45, 2.75) is 12.6 Å². The molecule has 4 rings (SSSR count). The number of Topliss-reactive ketones (excluding diaryl/α,β-unsaturated/α-hetero) is 1. The molecule has 1 aliphatic rings. The number of ketones is 1. The maximum Gasteiger partial charge on any atom is 0.295 e. The third kappa shape index (κ3) is 4.24. The van der Waals surface area contributed by atoms with E-state index in [0.29, 0.717) is 5.56 Å². The van der Waals surface area contributed by atoms with Gasteiger partial charge in [-0.25, -0.2) is 8.78 Å². The summed E-state index contributed by atoms with van der Waals surface area (Å²) >= 11 is 12.4. The van der Waals surface area contributed by atoms with Gasteiger partial charge in [0.05, 0.1) is 28.8 Å². The fraction of sp³-hybridized carbons (Fsp3) is 0.120. The summed E-state index contributed by atoms with van der Waals surface area (Å²) in [6, 6.07) is 12.4. The molecule has 5 nitrogen and oxygen atoms in total. The van der Waals surface area contributed by atoms with Crippen LogP contribution in [0.25, 0.3) is 5.76 Å². The molecule has 174 valence electrons. The molecule has 0 radical (unpaired) electrons. The van der Waals surface area contributed by atoms with E-state index in [1.165, 1.54) is 61.7 Å². The summed E-state index contributed by atoms with van der Waals surface area (Å²) in [4.78, 5) is 27.2. The minimum absolute atomic E-state index is 0.0102. The van der Waals surface area contributed by atoms with Crippen LogP contribution in [0.4, 0.5) is 8.78 Å². The van der Waals surface area contributed by atoms with Crippen LogP contribution in [0.3, 0.4) is 0 Å². The van der Waals surface area contributed by atoms with Gasteiger partial charge < -0.3 is 14.7 Å². The molecule has 1 unspecified atom stereocenters. The van der Waals surface area contributed by atoms with Gasteiger partial charge in [0.15, 0.2) is 5.75 Å². The maximum absolute atomic E-state index is 14.9. The van der Waals surface area contributed by atoms with Gasteiger partial charge in [-0.1, -0.05) is 53.5 Å². The first kappa shape index (κ1) is 23.7. The molecule has 9 heteroatoms. The smallest absolute Gasteiger partial charge is 0.295 e. The molecule has 34 heavy (non-hydrogen) atoms. The number of aliphatic hydroxyl groups excluding tert-OH is 1. The number of halogens is 4. The first-order valence-corrected chi connectivity index (χ1v) is 10.8. The molecule has 1 heterocycles. The summed E-state index contributed by atoms with van der Waals surface area (Å²) in [6.07, 6.45) is 0. The maximum atomic E-state index is 14.9. The second kappa shape index (κ2) is 9.44. The summed E-state index contributed by atoms with van der Waals surface area (Å²) in [7, 11) is 1.37. The summed E-state index contributed by atoms with van der Waals surface area (Å²) in [5.41, 5.74) is 0.252. The van der Waals surface area contributed by atoms with Crippen molar-refractivity contribution in [3.8, 4) is 5.75 Å². The zero-order valence-electron chi connectivity index (χ0n) is 17.7. The molecule has 1 fully saturated rings. The number of carbonyl (C=O) groups excluding carboxylic acids is 2. The molecular weight excluding hydrogens is 487 g/mol. The van der Waals surface area contributed by atoms with Crippen molar-refractivity contribution in [3.05, 3.63) is 105 Å². The van der Waals surface area contributed by atoms with Gasteiger partial charge in [0.2, 0.25) is 0 Å². The van der Waals surface area contributed by atoms with Crippen molar-refractivity contribution < 1.29 is 28.2 Å². The summed E-state index contributed by atoms with van der Waals surface area (Å²) in [5, 5.41) is 11.3. The predicted octanol–water partition coefficient (Wildman–Crippen LogP) is 5.90. The van der Waals surface area contributed by atoms with E-state index in [1.807, 2.05) is 0 Å². The second-order valence-corrected chi connectivity index (χ2v) is 8.36. The van der Waals surface area contributed by atoms with Gasteiger partial charge in [-0.3, -0.25) is 9.59 Å². The van der Waals surface area contributed by atoms with E-state index in [0.717, 1.165) is 4.90 Å². The monoisotopic (exact) mass is 503 g/mol. The van der Waals surface area contributed by atoms with E-state index >= 15 is 0 Å². The lowest BCUT2D eigenvalue weighted by atomic mass is 9.94. The Labute approximate surface area is 203 Å². The number of rotatable bonds is 5. The highest BCUT2D eigenvalue weighted by Gasteiger charge is 2.47. The van der Waals surface area contributed by atoms with Crippen molar-refractivity contribution in [2.75, 3.05) is 7.11 Å². The topological polar surface area (TPSA) is 66.8 Å². The van der Waals surface area contributed by atoms with Crippen LogP contribution in [-0.4, -0.2) is 28.8 Å². The number of hydrogen-bond acceptors (Lipinski definition) is 4. The molecule has 0 spiro atoms. The van der Waals surface area contributed by atoms with Crippen LogP contribution in [0.5, 0.6) is 5.75 Å². The summed E-state index contributed by atoms with van der Waals surface area (Å²) in [6.45, 7) is -0.120. The van der Waals surface area contributed by atoms with Gasteiger partial charge in [0.25, 0.3) is 11.7 Å². The minimum atomic E-state index is -1.24. The molecular formula is C25H17Cl2F2NO4. The lowest BCUT2D eigenvalue weighted by molar-refractivity contribution is -0.140. The first-order chi connectivity index (χ1) is 16.2. The van der Waals surface area contributed by atoms with E-state index in [2.05, 4.69) is 0 Å². The van der Waals surface area contributed by atoms with Crippen LogP contribution in [0.1, 0.15) is 22.7 Å². The SMILES string of the molecule is COc1c(Cl)cc(/C(O)=C2\C(=O)C(=O)N(Cc3ccc(F)cc3)C2c2ccccc2F)cc1Cl. The van der Waals surface area contributed by atoms with Crippen LogP contribution < -0.4 is 4.74 Å². The van der Waals surface area contributed by atoms with Crippen molar-refractivity contribution in [3.63, 3.8) is 0 Å². The number of likely N-dealkylation sites (tertiary alicyclic amines) is 1. The molecule has 3 aromatic rings. The Morgan fingerprint density at radius 2 is 1.65 bits per heavy atom. The molecule has 0 aromatic heterocycles. The van der Waals surface area contributed by atoms with Crippen molar-refractivity contribution in [1.82, 2.24) is 4.90 Å². The van der Waals surface area contributed by atoms with Gasteiger partial charge in [-0.05, 0) is 35.9 Å². The highest BCUT2D eigenvalue weighted by molar-refractivity contribution is 6.46. The molecule has 3 aromatic carbocycles. The van der Waals surface area contributed by atoms with Gasteiger partial charge in [0.1, 0.15) is 17.4 Å². The summed E-state index contributed by atoms with van der Waals surface area (Å²) in [5.74, 6) is -3.48. The lowest BCUT2D eigenvalue weighted by Gasteiger charge is -2.25. The number of nitrogens with zero attached hydrogens (tertiary/aromatic N) is 1. The van der Waals surface area contributed by atoms with Crippen LogP contribution >= 0.6 is 23.2 Å². The fourth-order valence-corrected chi connectivity index (χ4v) is 4.54. The Kier molecular flexibility index (Phi) is 6.59. The molecule has 1 N–H and O–H groups in total. The number of methoxy groups -OCH3 is 1. The average Bonchev–Trinajstić information content (AvgIpc) is 3.05. The molecule has 1 saturated heterocycles. The molecule has 0 aliphatic carbocycles. The van der Waals surface area contributed by atoms with E-state index in [4.69, 9.17) is 27.9 Å². The Morgan fingerprint density at radius 3 is 2.24 bits per heavy atom. The molecule has 1 aliphatic heterocycles. The predicted molar refractivity (Wildman–Crippen MR) is 124 cm³/mol. The Balaban J connectivity index is 1.90. The van der Waals surface area contributed by atoms with Crippen molar-refractivity contribution in [1.29, 1.82) is 0 Å². The largest absolute Gasteiger partial charge is 0.507 e. The van der Waals surface area contributed by atoms with Gasteiger partial charge in [-0.15, -0.1) is 0 Å². The van der Waals surface area contributed by atoms with Crippen LogP contribution in [-0.2, 0) is 16.1 Å². The van der Waals surface area contributed by atoms with Gasteiger partial charge in [0, 0.05) is 17.7 Å². The van der Waals surface area contributed by atoms with E-state index in [-0.39, 0.29) is 39.0 Å². The van der Waals surface area contributed by atoms with E-state index in [1.54, 1.807) is 6.07 Å². The molecule has 1 amide bonds. The van der Waals surface area contributed by atoms with E-state index < -0.39 is 35.1 Å². The number of aliphatic hydroxyl groups is 1. The zero-order valence-corrected chi connectivity index (χ0v) is 19.2. The zero-order chi connectivity index (χ0) is 24.6. The third-order valence-corrected chi connectivity index (χ3v) is 6.04. The van der Waals surface area contributed by atoms with Crippen molar-refractivity contribution >= 4 is 40.7 Å². The van der Waals surface area contributed by atoms with Gasteiger partial charge >= 0.3 is 0 Å². The number of carbonyl (C=O) groups is 2. The standard InChI is InChI=1S/C25H17Cl2F2NO4/c1-34-24-17(26)10-14(11-18(24)27)22(31)20-21(16-4-2-3-5-19(16)29)30(25(33)23(20)32)12-13-6-8-15(28)9-7-13/h2-11,21,31H,12H2,1H3/b22-20+. The number of ether oxygens (including phenoxy) is 1. The lowest BCUT2D eigenvalue weighted by Crippen LogP contribution is -2.29. The molecule has 0 saturated carbocycles.